The summed E-state index contributed by atoms with van der Waals surface area (Å²) in [4.78, 5) is 56.8. The Morgan fingerprint density at radius 1 is 1.14 bits per heavy atom. The molecule has 0 saturated carbocycles. The fourth-order valence-corrected chi connectivity index (χ4v) is 4.38. The number of alkyl halides is 1. The van der Waals surface area contributed by atoms with Crippen molar-refractivity contribution < 1.29 is 18.4 Å². The highest BCUT2D eigenvalue weighted by Gasteiger charge is 2.40. The van der Waals surface area contributed by atoms with Crippen LogP contribution >= 0.6 is 0 Å². The first-order chi connectivity index (χ1) is 17.6. The molecule has 0 radical (unpaired) electrons. The monoisotopic (exact) mass is 511 g/mol. The number of likely N-dealkylation sites (tertiary alicyclic amines) is 1. The van der Waals surface area contributed by atoms with Gasteiger partial charge in [-0.15, -0.1) is 0 Å². The van der Waals surface area contributed by atoms with E-state index in [2.05, 4.69) is 10.3 Å². The zero-order valence-electron chi connectivity index (χ0n) is 20.4. The summed E-state index contributed by atoms with van der Waals surface area (Å²) in [6.45, 7) is 2.89. The molecule has 1 saturated heterocycles. The largest absolute Gasteiger partial charge is 0.342 e. The van der Waals surface area contributed by atoms with Gasteiger partial charge < -0.3 is 10.2 Å². The van der Waals surface area contributed by atoms with Gasteiger partial charge in [0.1, 0.15) is 18.8 Å². The summed E-state index contributed by atoms with van der Waals surface area (Å²) >= 11 is 0. The predicted molar refractivity (Wildman–Crippen MR) is 131 cm³/mol. The van der Waals surface area contributed by atoms with E-state index < -0.39 is 53.8 Å². The lowest BCUT2D eigenvalue weighted by Crippen LogP contribution is -2.48. The molecule has 3 heterocycles. The number of hydrogen-bond acceptors (Lipinski definition) is 5. The molecule has 2 aromatic heterocycles. The lowest BCUT2D eigenvalue weighted by molar-refractivity contribution is -0.139. The molecule has 0 aliphatic carbocycles. The van der Waals surface area contributed by atoms with Crippen molar-refractivity contribution in [3.05, 3.63) is 98.3 Å². The summed E-state index contributed by atoms with van der Waals surface area (Å²) in [5.74, 6) is -2.01. The third-order valence-corrected chi connectivity index (χ3v) is 6.31. The van der Waals surface area contributed by atoms with E-state index in [1.165, 1.54) is 0 Å². The molecule has 0 spiro atoms. The number of nitrogens with zero attached hydrogens (tertiary/aromatic N) is 3. The maximum absolute atomic E-state index is 14.7. The molecule has 0 bridgehead atoms. The normalized spacial score (nSPS) is 18.1. The van der Waals surface area contributed by atoms with Crippen LogP contribution in [0.4, 0.5) is 8.78 Å². The van der Waals surface area contributed by atoms with Crippen LogP contribution in [0.25, 0.3) is 0 Å². The first-order valence-corrected chi connectivity index (χ1v) is 11.9. The summed E-state index contributed by atoms with van der Waals surface area (Å²) in [5.41, 5.74) is -0.0806. The molecule has 3 atom stereocenters. The first kappa shape index (κ1) is 25.9. The molecule has 1 aliphatic heterocycles. The molecule has 2 amide bonds. The predicted octanol–water partition coefficient (Wildman–Crippen LogP) is 2.04. The maximum Gasteiger partial charge on any atom is 0.328 e. The number of pyridine rings is 1. The van der Waals surface area contributed by atoms with Gasteiger partial charge in [-0.2, -0.15) is 4.39 Å². The zero-order valence-corrected chi connectivity index (χ0v) is 20.4. The Bertz CT molecular complexity index is 1410. The third kappa shape index (κ3) is 5.82. The van der Waals surface area contributed by atoms with E-state index in [1.54, 1.807) is 42.5 Å². The van der Waals surface area contributed by atoms with Gasteiger partial charge in [0.05, 0.1) is 18.3 Å². The second kappa shape index (κ2) is 10.9. The fourth-order valence-electron chi connectivity index (χ4n) is 4.38. The Kier molecular flexibility index (Phi) is 7.61. The molecular weight excluding hydrogens is 484 g/mol. The molecule has 2 N–H and O–H groups in total. The third-order valence-electron chi connectivity index (χ3n) is 6.31. The number of nitrogens with one attached hydrogen (secondary N) is 2. The molecule has 3 aromatic rings. The number of halogens is 2. The number of hydrogen-bond donors (Lipinski definition) is 2. The minimum atomic E-state index is -1.44. The zero-order chi connectivity index (χ0) is 26.7. The smallest absolute Gasteiger partial charge is 0.328 e. The molecule has 4 rings (SSSR count). The fraction of sp³-hybridized carbons (Fsp3) is 0.346. The van der Waals surface area contributed by atoms with Crippen molar-refractivity contribution >= 4 is 11.8 Å². The molecule has 0 unspecified atom stereocenters. The average molecular weight is 512 g/mol. The van der Waals surface area contributed by atoms with Crippen LogP contribution in [0.2, 0.25) is 0 Å². The van der Waals surface area contributed by atoms with Gasteiger partial charge >= 0.3 is 5.69 Å². The molecule has 194 valence electrons. The second-order valence-corrected chi connectivity index (χ2v) is 9.26. The molecule has 1 aliphatic rings. The van der Waals surface area contributed by atoms with Gasteiger partial charge in [-0.1, -0.05) is 50.2 Å². The lowest BCUT2D eigenvalue weighted by atomic mass is 9.99. The number of aromatic amines is 1. The summed E-state index contributed by atoms with van der Waals surface area (Å²) in [6.07, 6.45) is -0.514. The van der Waals surface area contributed by atoms with Crippen molar-refractivity contribution in [2.45, 2.75) is 51.0 Å². The number of aromatic nitrogens is 3. The van der Waals surface area contributed by atoms with Gasteiger partial charge in [0.15, 0.2) is 0 Å². The Morgan fingerprint density at radius 3 is 2.51 bits per heavy atom. The van der Waals surface area contributed by atoms with Gasteiger partial charge in [-0.3, -0.25) is 23.9 Å². The first-order valence-electron chi connectivity index (χ1n) is 11.9. The highest BCUT2D eigenvalue weighted by molar-refractivity contribution is 5.88. The molecule has 11 heteroatoms. The van der Waals surface area contributed by atoms with Gasteiger partial charge in [0, 0.05) is 24.2 Å². The Balaban J connectivity index is 1.59. The van der Waals surface area contributed by atoms with E-state index >= 15 is 0 Å². The molecule has 9 nitrogen and oxygen atoms in total. The number of rotatable bonds is 7. The summed E-state index contributed by atoms with van der Waals surface area (Å²) in [7, 11) is 0. The number of H-pyrrole nitrogens is 1. The Morgan fingerprint density at radius 2 is 1.86 bits per heavy atom. The van der Waals surface area contributed by atoms with Gasteiger partial charge in [0.25, 0.3) is 5.56 Å². The van der Waals surface area contributed by atoms with Crippen molar-refractivity contribution in [3.63, 3.8) is 0 Å². The van der Waals surface area contributed by atoms with Gasteiger partial charge in [0.2, 0.25) is 17.8 Å². The van der Waals surface area contributed by atoms with E-state index in [0.29, 0.717) is 11.1 Å². The minimum Gasteiger partial charge on any atom is -0.342 e. The summed E-state index contributed by atoms with van der Waals surface area (Å²) in [6, 6.07) is 11.2. The number of amides is 2. The Hall–Kier alpha value is -4.15. The molecule has 1 fully saturated rings. The second-order valence-electron chi connectivity index (χ2n) is 9.26. The van der Waals surface area contributed by atoms with Crippen LogP contribution in [0.15, 0.2) is 64.3 Å². The van der Waals surface area contributed by atoms with Crippen LogP contribution in [-0.4, -0.2) is 50.0 Å². The summed E-state index contributed by atoms with van der Waals surface area (Å²) < 4.78 is 30.1. The topological polar surface area (TPSA) is 117 Å². The molecule has 37 heavy (non-hydrogen) atoms. The van der Waals surface area contributed by atoms with Crippen LogP contribution in [0.5, 0.6) is 0 Å². The molecule has 1 aromatic carbocycles. The highest BCUT2D eigenvalue weighted by Crippen LogP contribution is 2.26. The van der Waals surface area contributed by atoms with Gasteiger partial charge in [-0.05, 0) is 17.5 Å². The van der Waals surface area contributed by atoms with E-state index in [1.807, 2.05) is 18.8 Å². The summed E-state index contributed by atoms with van der Waals surface area (Å²) in [5, 5.41) is 2.81. The number of carbonyl (C=O) groups excluding carboxylic acids is 2. The van der Waals surface area contributed by atoms with Crippen molar-refractivity contribution in [2.75, 3.05) is 6.54 Å². The van der Waals surface area contributed by atoms with E-state index in [-0.39, 0.29) is 24.6 Å². The van der Waals surface area contributed by atoms with Crippen molar-refractivity contribution in [3.8, 4) is 0 Å². The number of carbonyl (C=O) groups is 2. The van der Waals surface area contributed by atoms with Crippen molar-refractivity contribution in [2.24, 2.45) is 0 Å². The van der Waals surface area contributed by atoms with E-state index in [4.69, 9.17) is 0 Å². The number of benzene rings is 1. The van der Waals surface area contributed by atoms with E-state index in [9.17, 15) is 28.0 Å². The lowest BCUT2D eigenvalue weighted by Gasteiger charge is -2.27. The van der Waals surface area contributed by atoms with Crippen molar-refractivity contribution in [1.82, 2.24) is 24.8 Å². The van der Waals surface area contributed by atoms with Crippen LogP contribution in [0.3, 0.4) is 0 Å². The maximum atomic E-state index is 14.7. The van der Waals surface area contributed by atoms with E-state index in [0.717, 1.165) is 21.7 Å². The van der Waals surface area contributed by atoms with Gasteiger partial charge in [-0.25, -0.2) is 14.2 Å². The quantitative estimate of drug-likeness (QED) is 0.471. The van der Waals surface area contributed by atoms with Crippen molar-refractivity contribution in [1.29, 1.82) is 0 Å². The van der Waals surface area contributed by atoms with Crippen LogP contribution in [-0.2, 0) is 16.1 Å². The average Bonchev–Trinajstić information content (AvgIpc) is 3.26. The SMILES string of the molecule is CC(C)c1ccc([C@@H](NC(=O)[C@@H]2C[C@@H](F)CN2C(=O)Cn2ccc(=O)[nH]c2=O)c2ccccc2)nc1F. The van der Waals surface area contributed by atoms with Crippen LogP contribution in [0, 0.1) is 5.95 Å². The van der Waals surface area contributed by atoms with Crippen LogP contribution in [0.1, 0.15) is 49.0 Å². The standard InChI is InChI=1S/C26H27F2N5O4/c1-15(2)18-8-9-19(29-24(18)28)23(16-6-4-3-5-7-16)31-25(36)20-12-17(27)13-33(20)22(35)14-32-11-10-21(34)30-26(32)37/h3-11,15,17,20,23H,12-14H2,1-2H3,(H,31,36)(H,30,34,37)/t17-,20+,23+/m1/s1. The highest BCUT2D eigenvalue weighted by atomic mass is 19.1. The molecular formula is C26H27F2N5O4. The Labute approximate surface area is 211 Å². The van der Waals surface area contributed by atoms with Crippen LogP contribution < -0.4 is 16.6 Å². The minimum absolute atomic E-state index is 0.0826.